The number of ether oxygens (including phenoxy) is 1. The fourth-order valence-electron chi connectivity index (χ4n) is 2.45. The number of carbonyl (C=O) groups is 1. The minimum absolute atomic E-state index is 0.0874. The Morgan fingerprint density at radius 2 is 1.84 bits per heavy atom. The Balaban J connectivity index is 1.93. The number of unbranched alkanes of at least 4 members (excludes halogenated alkanes) is 3. The smallest absolute Gasteiger partial charge is 0.185 e. The van der Waals surface area contributed by atoms with E-state index in [1.807, 2.05) is 25.1 Å². The lowest BCUT2D eigenvalue weighted by Crippen LogP contribution is -1.97. The minimum atomic E-state index is -0.0874. The molecule has 0 bridgehead atoms. The number of aryl methyl sites for hydroxylation is 1. The average molecular weight is 338 g/mol. The summed E-state index contributed by atoms with van der Waals surface area (Å²) in [5.74, 6) is 0.672. The summed E-state index contributed by atoms with van der Waals surface area (Å²) in [6.07, 6.45) is 7.69. The second kappa shape index (κ2) is 9.67. The molecule has 0 amide bonds. The number of rotatable bonds is 9. The number of phenols is 1. The summed E-state index contributed by atoms with van der Waals surface area (Å²) >= 11 is 0. The van der Waals surface area contributed by atoms with Gasteiger partial charge in [0.15, 0.2) is 5.78 Å². The number of carbonyl (C=O) groups excluding carboxylic acids is 1. The molecule has 0 fully saturated rings. The number of aromatic hydroxyl groups is 1. The van der Waals surface area contributed by atoms with Crippen molar-refractivity contribution in [2.24, 2.45) is 0 Å². The van der Waals surface area contributed by atoms with Crippen LogP contribution in [0.4, 0.5) is 0 Å². The number of allylic oxidation sites excluding steroid dienone is 1. The van der Waals surface area contributed by atoms with Crippen molar-refractivity contribution in [3.8, 4) is 11.5 Å². The molecule has 2 aromatic carbocycles. The molecule has 0 aliphatic heterocycles. The third-order valence-electron chi connectivity index (χ3n) is 4.02. The van der Waals surface area contributed by atoms with Crippen LogP contribution in [0.2, 0.25) is 0 Å². The minimum Gasteiger partial charge on any atom is -0.507 e. The third kappa shape index (κ3) is 6.11. The van der Waals surface area contributed by atoms with Crippen LogP contribution < -0.4 is 4.74 Å². The lowest BCUT2D eigenvalue weighted by atomic mass is 10.1. The highest BCUT2D eigenvalue weighted by Gasteiger charge is 2.04. The fraction of sp³-hybridized carbons (Fsp3) is 0.318. The number of hydrogen-bond acceptors (Lipinski definition) is 3. The van der Waals surface area contributed by atoms with Gasteiger partial charge in [-0.3, -0.25) is 4.79 Å². The van der Waals surface area contributed by atoms with Gasteiger partial charge in [-0.15, -0.1) is 0 Å². The van der Waals surface area contributed by atoms with Crippen LogP contribution in [0.25, 0.3) is 6.08 Å². The van der Waals surface area contributed by atoms with Gasteiger partial charge in [0.05, 0.1) is 6.61 Å². The van der Waals surface area contributed by atoms with Crippen molar-refractivity contribution in [1.82, 2.24) is 0 Å². The Kier molecular flexibility index (Phi) is 7.27. The van der Waals surface area contributed by atoms with Gasteiger partial charge in [0.2, 0.25) is 0 Å². The van der Waals surface area contributed by atoms with E-state index < -0.39 is 0 Å². The largest absolute Gasteiger partial charge is 0.507 e. The van der Waals surface area contributed by atoms with E-state index >= 15 is 0 Å². The molecule has 1 N–H and O–H groups in total. The highest BCUT2D eigenvalue weighted by molar-refractivity contribution is 6.06. The van der Waals surface area contributed by atoms with E-state index in [0.29, 0.717) is 23.5 Å². The van der Waals surface area contributed by atoms with E-state index in [2.05, 4.69) is 6.92 Å². The van der Waals surface area contributed by atoms with Crippen LogP contribution in [0.5, 0.6) is 11.5 Å². The van der Waals surface area contributed by atoms with Gasteiger partial charge in [-0.2, -0.15) is 0 Å². The van der Waals surface area contributed by atoms with Gasteiger partial charge in [0, 0.05) is 17.2 Å². The molecule has 0 heterocycles. The molecule has 0 spiro atoms. The Labute approximate surface area is 150 Å². The fourth-order valence-corrected chi connectivity index (χ4v) is 2.45. The van der Waals surface area contributed by atoms with Crippen LogP contribution in [0, 0.1) is 6.92 Å². The third-order valence-corrected chi connectivity index (χ3v) is 4.02. The van der Waals surface area contributed by atoms with Crippen LogP contribution >= 0.6 is 0 Å². The monoisotopic (exact) mass is 338 g/mol. The zero-order valence-corrected chi connectivity index (χ0v) is 15.0. The molecule has 3 nitrogen and oxygen atoms in total. The van der Waals surface area contributed by atoms with Crippen molar-refractivity contribution in [3.63, 3.8) is 0 Å². The van der Waals surface area contributed by atoms with Crippen LogP contribution in [-0.4, -0.2) is 17.5 Å². The predicted octanol–water partition coefficient (Wildman–Crippen LogP) is 5.56. The summed E-state index contributed by atoms with van der Waals surface area (Å²) in [5.41, 5.74) is 2.34. The van der Waals surface area contributed by atoms with Crippen LogP contribution in [0.3, 0.4) is 0 Å². The maximum atomic E-state index is 12.1. The first-order valence-corrected chi connectivity index (χ1v) is 8.85. The van der Waals surface area contributed by atoms with Crippen LogP contribution in [-0.2, 0) is 0 Å². The summed E-state index contributed by atoms with van der Waals surface area (Å²) in [6, 6.07) is 12.6. The second-order valence-electron chi connectivity index (χ2n) is 6.19. The summed E-state index contributed by atoms with van der Waals surface area (Å²) in [7, 11) is 0. The Morgan fingerprint density at radius 3 is 2.52 bits per heavy atom. The van der Waals surface area contributed by atoms with Crippen molar-refractivity contribution in [2.75, 3.05) is 6.61 Å². The average Bonchev–Trinajstić information content (AvgIpc) is 2.61. The molecule has 0 saturated heterocycles. The topological polar surface area (TPSA) is 46.5 Å². The standard InChI is InChI=1S/C22H26O3/c1-3-4-5-6-15-25-20-13-11-19(22(24)16-20)12-14-21(23)18-9-7-17(2)8-10-18/h7-14,16,24H,3-6,15H2,1-2H3/b14-12+. The highest BCUT2D eigenvalue weighted by atomic mass is 16.5. The Hall–Kier alpha value is -2.55. The molecular weight excluding hydrogens is 312 g/mol. The van der Waals surface area contributed by atoms with Crippen molar-refractivity contribution in [1.29, 1.82) is 0 Å². The van der Waals surface area contributed by atoms with Crippen LogP contribution in [0.1, 0.15) is 54.1 Å². The number of hydrogen-bond donors (Lipinski definition) is 1. The zero-order chi connectivity index (χ0) is 18.1. The zero-order valence-electron chi connectivity index (χ0n) is 15.0. The maximum absolute atomic E-state index is 12.1. The van der Waals surface area contributed by atoms with E-state index in [0.717, 1.165) is 18.4 Å². The van der Waals surface area contributed by atoms with Gasteiger partial charge < -0.3 is 9.84 Å². The van der Waals surface area contributed by atoms with E-state index in [1.165, 1.54) is 18.9 Å². The van der Waals surface area contributed by atoms with Gasteiger partial charge >= 0.3 is 0 Å². The molecule has 0 atom stereocenters. The Bertz CT molecular complexity index is 715. The van der Waals surface area contributed by atoms with Crippen molar-refractivity contribution in [3.05, 3.63) is 65.2 Å². The number of phenolic OH excluding ortho intramolecular Hbond substituents is 1. The van der Waals surface area contributed by atoms with E-state index in [1.54, 1.807) is 30.3 Å². The normalized spacial score (nSPS) is 11.0. The molecule has 0 radical (unpaired) electrons. The van der Waals surface area contributed by atoms with E-state index in [4.69, 9.17) is 4.74 Å². The first-order chi connectivity index (χ1) is 12.1. The van der Waals surface area contributed by atoms with E-state index in [9.17, 15) is 9.90 Å². The highest BCUT2D eigenvalue weighted by Crippen LogP contribution is 2.25. The molecule has 0 unspecified atom stereocenters. The molecular formula is C22H26O3. The number of benzene rings is 2. The molecule has 0 saturated carbocycles. The van der Waals surface area contributed by atoms with Crippen molar-refractivity contribution in [2.45, 2.75) is 39.5 Å². The Morgan fingerprint density at radius 1 is 1.08 bits per heavy atom. The molecule has 0 aromatic heterocycles. The number of ketones is 1. The lowest BCUT2D eigenvalue weighted by molar-refractivity contribution is 0.104. The van der Waals surface area contributed by atoms with Gasteiger partial charge in [-0.25, -0.2) is 0 Å². The van der Waals surface area contributed by atoms with Gasteiger partial charge in [-0.05, 0) is 37.6 Å². The van der Waals surface area contributed by atoms with Gasteiger partial charge in [-0.1, -0.05) is 56.0 Å². The molecule has 2 aromatic rings. The van der Waals surface area contributed by atoms with Gasteiger partial charge in [0.25, 0.3) is 0 Å². The first-order valence-electron chi connectivity index (χ1n) is 8.85. The first kappa shape index (κ1) is 18.8. The molecule has 132 valence electrons. The summed E-state index contributed by atoms with van der Waals surface area (Å²) < 4.78 is 5.64. The summed E-state index contributed by atoms with van der Waals surface area (Å²) in [6.45, 7) is 4.81. The van der Waals surface area contributed by atoms with Gasteiger partial charge in [0.1, 0.15) is 11.5 Å². The SMILES string of the molecule is CCCCCCOc1ccc(/C=C/C(=O)c2ccc(C)cc2)c(O)c1. The molecule has 3 heteroatoms. The van der Waals surface area contributed by atoms with Crippen LogP contribution in [0.15, 0.2) is 48.5 Å². The maximum Gasteiger partial charge on any atom is 0.185 e. The molecule has 0 aliphatic rings. The molecule has 0 aliphatic carbocycles. The summed E-state index contributed by atoms with van der Waals surface area (Å²) in [5, 5.41) is 10.1. The molecule has 2 rings (SSSR count). The molecule has 25 heavy (non-hydrogen) atoms. The lowest BCUT2D eigenvalue weighted by Gasteiger charge is -2.07. The second-order valence-corrected chi connectivity index (χ2v) is 6.19. The van der Waals surface area contributed by atoms with Crippen molar-refractivity contribution < 1.29 is 14.6 Å². The van der Waals surface area contributed by atoms with Crippen molar-refractivity contribution >= 4 is 11.9 Å². The summed E-state index contributed by atoms with van der Waals surface area (Å²) in [4.78, 5) is 12.1. The van der Waals surface area contributed by atoms with E-state index in [-0.39, 0.29) is 11.5 Å². The predicted molar refractivity (Wildman–Crippen MR) is 102 cm³/mol. The quantitative estimate of drug-likeness (QED) is 0.370.